The highest BCUT2D eigenvalue weighted by atomic mass is 16.5. The molecule has 138 valence electrons. The van der Waals surface area contributed by atoms with Crippen molar-refractivity contribution in [3.8, 4) is 5.75 Å². The summed E-state index contributed by atoms with van der Waals surface area (Å²) in [5.74, 6) is -1.41. The zero-order valence-corrected chi connectivity index (χ0v) is 14.8. The number of fused-ring (bicyclic) bond motifs is 2. The van der Waals surface area contributed by atoms with Crippen molar-refractivity contribution in [1.82, 2.24) is 4.90 Å². The molecule has 4 rings (SSSR count). The van der Waals surface area contributed by atoms with Crippen molar-refractivity contribution < 1.29 is 19.4 Å². The largest absolute Gasteiger partial charge is 0.550 e. The number of methoxy groups -OCH3 is 1. The lowest BCUT2D eigenvalue weighted by Gasteiger charge is -2.39. The van der Waals surface area contributed by atoms with E-state index >= 15 is 0 Å². The number of hydrogen-bond acceptors (Lipinski definition) is 5. The molecule has 6 heteroatoms. The lowest BCUT2D eigenvalue weighted by Crippen LogP contribution is -2.53. The molecule has 4 atom stereocenters. The van der Waals surface area contributed by atoms with Crippen LogP contribution in [0.25, 0.3) is 0 Å². The Balaban J connectivity index is 1.40. The summed E-state index contributed by atoms with van der Waals surface area (Å²) in [5.41, 5.74) is 1.10. The van der Waals surface area contributed by atoms with Crippen molar-refractivity contribution in [2.24, 2.45) is 23.7 Å². The molecule has 0 N–H and O–H groups in total. The van der Waals surface area contributed by atoms with Gasteiger partial charge in [0, 0.05) is 43.8 Å². The molecule has 1 aliphatic heterocycles. The summed E-state index contributed by atoms with van der Waals surface area (Å²) < 4.78 is 5.19. The van der Waals surface area contributed by atoms with Crippen molar-refractivity contribution in [1.29, 1.82) is 0 Å². The third kappa shape index (κ3) is 2.83. The zero-order valence-electron chi connectivity index (χ0n) is 14.8. The van der Waals surface area contributed by atoms with Crippen molar-refractivity contribution in [2.45, 2.75) is 6.42 Å². The third-order valence-corrected chi connectivity index (χ3v) is 6.05. The molecule has 26 heavy (non-hydrogen) atoms. The molecule has 0 unspecified atom stereocenters. The molecule has 1 heterocycles. The van der Waals surface area contributed by atoms with E-state index in [4.69, 9.17) is 4.74 Å². The second-order valence-electron chi connectivity index (χ2n) is 7.33. The number of carbonyl (C=O) groups excluding carboxylic acids is 2. The van der Waals surface area contributed by atoms with Gasteiger partial charge in [-0.15, -0.1) is 0 Å². The minimum Gasteiger partial charge on any atom is -0.550 e. The van der Waals surface area contributed by atoms with Gasteiger partial charge in [-0.05, 0) is 42.5 Å². The number of carboxylic acid groups (broad SMARTS) is 1. The first kappa shape index (κ1) is 16.9. The van der Waals surface area contributed by atoms with Crippen LogP contribution in [0.3, 0.4) is 0 Å². The lowest BCUT2D eigenvalue weighted by atomic mass is 9.82. The van der Waals surface area contributed by atoms with Gasteiger partial charge in [-0.1, -0.05) is 12.2 Å². The molecule has 6 nitrogen and oxygen atoms in total. The van der Waals surface area contributed by atoms with Crippen LogP contribution in [0.1, 0.15) is 6.42 Å². The SMILES string of the molecule is COc1ccc(N2CCN(C(=O)[C@@H]3[C@@H](C(=O)[O-])[C@@H]4C=C[C@@H]3C4)CC2)cc1. The monoisotopic (exact) mass is 355 g/mol. The second-order valence-corrected chi connectivity index (χ2v) is 7.33. The van der Waals surface area contributed by atoms with Gasteiger partial charge in [-0.3, -0.25) is 4.79 Å². The standard InChI is InChI=1S/C20H24N2O4/c1-26-16-6-4-15(5-7-16)21-8-10-22(11-9-21)19(23)17-13-2-3-14(12-13)18(17)20(24)25/h2-7,13-14,17-18H,8-12H2,1H3,(H,24,25)/p-1/t13-,14-,17+,18+/m1/s1. The topological polar surface area (TPSA) is 72.9 Å². The van der Waals surface area contributed by atoms with E-state index in [1.54, 1.807) is 7.11 Å². The van der Waals surface area contributed by atoms with Crippen LogP contribution in [0.2, 0.25) is 0 Å². The molecule has 1 saturated heterocycles. The van der Waals surface area contributed by atoms with Crippen LogP contribution >= 0.6 is 0 Å². The summed E-state index contributed by atoms with van der Waals surface area (Å²) in [6.45, 7) is 2.71. The average molecular weight is 355 g/mol. The first-order chi connectivity index (χ1) is 12.6. The van der Waals surface area contributed by atoms with Crippen LogP contribution in [-0.4, -0.2) is 50.1 Å². The first-order valence-corrected chi connectivity index (χ1v) is 9.15. The quantitative estimate of drug-likeness (QED) is 0.737. The number of carbonyl (C=O) groups is 2. The van der Waals surface area contributed by atoms with E-state index in [2.05, 4.69) is 4.90 Å². The fourth-order valence-corrected chi connectivity index (χ4v) is 4.67. The maximum absolute atomic E-state index is 13.0. The molecule has 1 aromatic rings. The van der Waals surface area contributed by atoms with Gasteiger partial charge in [-0.25, -0.2) is 0 Å². The van der Waals surface area contributed by atoms with Crippen LogP contribution in [0.15, 0.2) is 36.4 Å². The number of benzene rings is 1. The van der Waals surface area contributed by atoms with Crippen molar-refractivity contribution in [3.05, 3.63) is 36.4 Å². The Morgan fingerprint density at radius 3 is 2.19 bits per heavy atom. The highest BCUT2D eigenvalue weighted by Gasteiger charge is 2.50. The van der Waals surface area contributed by atoms with Crippen LogP contribution < -0.4 is 14.7 Å². The predicted molar refractivity (Wildman–Crippen MR) is 94.5 cm³/mol. The van der Waals surface area contributed by atoms with Gasteiger partial charge in [0.1, 0.15) is 5.75 Å². The van der Waals surface area contributed by atoms with E-state index in [0.29, 0.717) is 13.1 Å². The molecule has 2 bridgehead atoms. The molecular weight excluding hydrogens is 332 g/mol. The van der Waals surface area contributed by atoms with E-state index in [-0.39, 0.29) is 17.7 Å². The van der Waals surface area contributed by atoms with Gasteiger partial charge >= 0.3 is 0 Å². The Bertz CT molecular complexity index is 722. The number of amides is 1. The Labute approximate surface area is 153 Å². The molecule has 1 aromatic carbocycles. The summed E-state index contributed by atoms with van der Waals surface area (Å²) in [6.07, 6.45) is 4.72. The maximum atomic E-state index is 13.0. The van der Waals surface area contributed by atoms with Gasteiger partial charge in [0.2, 0.25) is 5.91 Å². The lowest BCUT2D eigenvalue weighted by molar-refractivity contribution is -0.313. The molecule has 1 saturated carbocycles. The Kier molecular flexibility index (Phi) is 4.34. The summed E-state index contributed by atoms with van der Waals surface area (Å²) >= 11 is 0. The number of carboxylic acids is 1. The van der Waals surface area contributed by atoms with Crippen LogP contribution in [0.5, 0.6) is 5.75 Å². The van der Waals surface area contributed by atoms with Crippen molar-refractivity contribution in [3.63, 3.8) is 0 Å². The fraction of sp³-hybridized carbons (Fsp3) is 0.500. The van der Waals surface area contributed by atoms with Gasteiger partial charge in [0.05, 0.1) is 13.0 Å². The molecule has 1 amide bonds. The highest BCUT2D eigenvalue weighted by Crippen LogP contribution is 2.48. The van der Waals surface area contributed by atoms with E-state index in [9.17, 15) is 14.7 Å². The molecular formula is C20H23N2O4-. The highest BCUT2D eigenvalue weighted by molar-refractivity contribution is 5.86. The smallest absolute Gasteiger partial charge is 0.227 e. The maximum Gasteiger partial charge on any atom is 0.227 e. The summed E-state index contributed by atoms with van der Waals surface area (Å²) in [6, 6.07) is 7.89. The number of aliphatic carboxylic acids is 1. The third-order valence-electron chi connectivity index (χ3n) is 6.05. The number of ether oxygens (including phenoxy) is 1. The molecule has 0 aromatic heterocycles. The van der Waals surface area contributed by atoms with Crippen molar-refractivity contribution in [2.75, 3.05) is 38.2 Å². The predicted octanol–water partition coefficient (Wildman–Crippen LogP) is 0.532. The van der Waals surface area contributed by atoms with Gasteiger partial charge in [0.15, 0.2) is 0 Å². The number of piperazine rings is 1. The molecule has 2 aliphatic carbocycles. The summed E-state index contributed by atoms with van der Waals surface area (Å²) in [5, 5.41) is 11.5. The minimum atomic E-state index is -1.09. The second kappa shape index (κ2) is 6.67. The number of hydrogen-bond donors (Lipinski definition) is 0. The van der Waals surface area contributed by atoms with Crippen LogP contribution in [0, 0.1) is 23.7 Å². The number of allylic oxidation sites excluding steroid dienone is 2. The van der Waals surface area contributed by atoms with Crippen LogP contribution in [0.4, 0.5) is 5.69 Å². The Morgan fingerprint density at radius 2 is 1.62 bits per heavy atom. The number of anilines is 1. The first-order valence-electron chi connectivity index (χ1n) is 9.15. The minimum absolute atomic E-state index is 0.0227. The zero-order chi connectivity index (χ0) is 18.3. The molecule has 3 aliphatic rings. The van der Waals surface area contributed by atoms with Crippen molar-refractivity contribution >= 4 is 17.6 Å². The summed E-state index contributed by atoms with van der Waals surface area (Å²) in [7, 11) is 1.64. The van der Waals surface area contributed by atoms with Gasteiger partial charge < -0.3 is 24.4 Å². The van der Waals surface area contributed by atoms with E-state index < -0.39 is 17.8 Å². The van der Waals surface area contributed by atoms with E-state index in [0.717, 1.165) is 30.9 Å². The molecule has 2 fully saturated rings. The number of nitrogens with zero attached hydrogens (tertiary/aromatic N) is 2. The fourth-order valence-electron chi connectivity index (χ4n) is 4.67. The molecule has 0 radical (unpaired) electrons. The van der Waals surface area contributed by atoms with Crippen LogP contribution in [-0.2, 0) is 9.59 Å². The number of rotatable bonds is 4. The van der Waals surface area contributed by atoms with E-state index in [1.807, 2.05) is 41.3 Å². The summed E-state index contributed by atoms with van der Waals surface area (Å²) in [4.78, 5) is 28.6. The Hall–Kier alpha value is -2.50. The average Bonchev–Trinajstić information content (AvgIpc) is 3.29. The van der Waals surface area contributed by atoms with Gasteiger partial charge in [-0.2, -0.15) is 0 Å². The normalized spacial score (nSPS) is 29.9. The Morgan fingerprint density at radius 1 is 1.00 bits per heavy atom. The van der Waals surface area contributed by atoms with Gasteiger partial charge in [0.25, 0.3) is 0 Å². The molecule has 0 spiro atoms. The van der Waals surface area contributed by atoms with E-state index in [1.165, 1.54) is 0 Å².